The molecule has 0 aliphatic rings. The first-order valence-corrected chi connectivity index (χ1v) is 5.10. The maximum absolute atomic E-state index is 5.64. The molecule has 0 unspecified atom stereocenters. The summed E-state index contributed by atoms with van der Waals surface area (Å²) in [6, 6.07) is 3.80. The Hall–Kier alpha value is -1.23. The summed E-state index contributed by atoms with van der Waals surface area (Å²) in [7, 11) is 0. The molecule has 2 aromatic heterocycles. The zero-order valence-corrected chi connectivity index (χ0v) is 8.30. The van der Waals surface area contributed by atoms with Gasteiger partial charge in [-0.25, -0.2) is 9.50 Å². The second kappa shape index (κ2) is 2.92. The summed E-state index contributed by atoms with van der Waals surface area (Å²) in [6.07, 6.45) is 1.96. The molecule has 0 atom stereocenters. The van der Waals surface area contributed by atoms with Crippen LogP contribution in [0.1, 0.15) is 5.69 Å². The summed E-state index contributed by atoms with van der Waals surface area (Å²) in [5, 5.41) is 5.13. The Bertz CT molecular complexity index is 449. The third-order valence-electron chi connectivity index (χ3n) is 1.74. The Balaban J connectivity index is 2.80. The van der Waals surface area contributed by atoms with E-state index in [9.17, 15) is 0 Å². The first-order chi connectivity index (χ1) is 6.20. The van der Waals surface area contributed by atoms with Gasteiger partial charge in [0.1, 0.15) is 5.82 Å². The van der Waals surface area contributed by atoms with Crippen LogP contribution in [-0.4, -0.2) is 20.9 Å². The molecule has 68 valence electrons. The fourth-order valence-corrected chi connectivity index (χ4v) is 1.77. The first-order valence-electron chi connectivity index (χ1n) is 3.87. The smallest absolute Gasteiger partial charge is 0.190 e. The van der Waals surface area contributed by atoms with Crippen molar-refractivity contribution in [3.63, 3.8) is 0 Å². The van der Waals surface area contributed by atoms with Crippen LogP contribution in [0.15, 0.2) is 17.3 Å². The van der Waals surface area contributed by atoms with Gasteiger partial charge in [-0.05, 0) is 19.2 Å². The molecule has 0 aliphatic carbocycles. The Labute approximate surface area is 80.2 Å². The molecule has 5 heteroatoms. The molecule has 0 spiro atoms. The molecule has 13 heavy (non-hydrogen) atoms. The zero-order chi connectivity index (χ0) is 9.42. The van der Waals surface area contributed by atoms with Crippen molar-refractivity contribution in [1.29, 1.82) is 0 Å². The highest BCUT2D eigenvalue weighted by atomic mass is 32.2. The van der Waals surface area contributed by atoms with Gasteiger partial charge < -0.3 is 5.73 Å². The lowest BCUT2D eigenvalue weighted by Crippen LogP contribution is -1.99. The summed E-state index contributed by atoms with van der Waals surface area (Å²) < 4.78 is 1.80. The van der Waals surface area contributed by atoms with Gasteiger partial charge in [0.15, 0.2) is 5.16 Å². The van der Waals surface area contributed by atoms with Crippen molar-refractivity contribution in [2.75, 3.05) is 12.0 Å². The minimum absolute atomic E-state index is 0.539. The molecule has 0 fully saturated rings. The molecule has 0 amide bonds. The molecular formula is C8H10N4S. The van der Waals surface area contributed by atoms with Crippen LogP contribution >= 0.6 is 11.8 Å². The van der Waals surface area contributed by atoms with Crippen LogP contribution in [0.2, 0.25) is 0 Å². The Morgan fingerprint density at radius 2 is 2.23 bits per heavy atom. The van der Waals surface area contributed by atoms with Crippen LogP contribution in [-0.2, 0) is 0 Å². The van der Waals surface area contributed by atoms with E-state index in [2.05, 4.69) is 10.1 Å². The first kappa shape index (κ1) is 8.37. The lowest BCUT2D eigenvalue weighted by atomic mass is 10.4. The highest BCUT2D eigenvalue weighted by Crippen LogP contribution is 2.17. The van der Waals surface area contributed by atoms with Gasteiger partial charge in [0.2, 0.25) is 0 Å². The maximum Gasteiger partial charge on any atom is 0.190 e. The summed E-state index contributed by atoms with van der Waals surface area (Å²) >= 11 is 1.54. The van der Waals surface area contributed by atoms with E-state index < -0.39 is 0 Å². The SMILES string of the molecule is CSc1nc(N)cc2cc(C)nn12. The average molecular weight is 194 g/mol. The van der Waals surface area contributed by atoms with Crippen LogP contribution in [0, 0.1) is 6.92 Å². The Morgan fingerprint density at radius 1 is 1.46 bits per heavy atom. The molecule has 0 bridgehead atoms. The average Bonchev–Trinajstić information content (AvgIpc) is 2.43. The van der Waals surface area contributed by atoms with Crippen LogP contribution < -0.4 is 5.73 Å². The fraction of sp³-hybridized carbons (Fsp3) is 0.250. The van der Waals surface area contributed by atoms with Crippen molar-refractivity contribution < 1.29 is 0 Å². The normalized spacial score (nSPS) is 10.9. The number of aromatic nitrogens is 3. The molecular weight excluding hydrogens is 184 g/mol. The number of hydrogen-bond donors (Lipinski definition) is 1. The molecule has 0 saturated carbocycles. The molecule has 2 aromatic rings. The monoisotopic (exact) mass is 194 g/mol. The van der Waals surface area contributed by atoms with Gasteiger partial charge in [-0.15, -0.1) is 0 Å². The maximum atomic E-state index is 5.64. The molecule has 2 rings (SSSR count). The summed E-state index contributed by atoms with van der Waals surface area (Å²) in [5.74, 6) is 0.539. The molecule has 0 saturated heterocycles. The largest absolute Gasteiger partial charge is 0.384 e. The van der Waals surface area contributed by atoms with Crippen LogP contribution in [0.3, 0.4) is 0 Å². The molecule has 0 aliphatic heterocycles. The predicted molar refractivity (Wildman–Crippen MR) is 53.9 cm³/mol. The van der Waals surface area contributed by atoms with Crippen molar-refractivity contribution in [3.05, 3.63) is 17.8 Å². The third-order valence-corrected chi connectivity index (χ3v) is 2.37. The van der Waals surface area contributed by atoms with E-state index in [-0.39, 0.29) is 0 Å². The van der Waals surface area contributed by atoms with Crippen LogP contribution in [0.5, 0.6) is 0 Å². The van der Waals surface area contributed by atoms with Crippen molar-refractivity contribution in [2.24, 2.45) is 0 Å². The fourth-order valence-electron chi connectivity index (χ4n) is 1.25. The number of hydrogen-bond acceptors (Lipinski definition) is 4. The van der Waals surface area contributed by atoms with E-state index in [0.29, 0.717) is 5.82 Å². The van der Waals surface area contributed by atoms with Crippen LogP contribution in [0.25, 0.3) is 5.52 Å². The van der Waals surface area contributed by atoms with Gasteiger partial charge in [-0.2, -0.15) is 5.10 Å². The minimum atomic E-state index is 0.539. The number of fused-ring (bicyclic) bond motifs is 1. The van der Waals surface area contributed by atoms with E-state index in [1.54, 1.807) is 4.52 Å². The topological polar surface area (TPSA) is 56.2 Å². The number of rotatable bonds is 1. The van der Waals surface area contributed by atoms with Crippen molar-refractivity contribution in [3.8, 4) is 0 Å². The van der Waals surface area contributed by atoms with Crippen molar-refractivity contribution in [2.45, 2.75) is 12.1 Å². The van der Waals surface area contributed by atoms with E-state index in [0.717, 1.165) is 16.4 Å². The number of aryl methyl sites for hydroxylation is 1. The number of nitrogen functional groups attached to an aromatic ring is 1. The Morgan fingerprint density at radius 3 is 2.92 bits per heavy atom. The van der Waals surface area contributed by atoms with Gasteiger partial charge >= 0.3 is 0 Å². The molecule has 0 aromatic carbocycles. The molecule has 2 heterocycles. The number of thioether (sulfide) groups is 1. The lowest BCUT2D eigenvalue weighted by molar-refractivity contribution is 0.789. The predicted octanol–water partition coefficient (Wildman–Crippen LogP) is 1.34. The third kappa shape index (κ3) is 1.35. The second-order valence-corrected chi connectivity index (χ2v) is 3.56. The van der Waals surface area contributed by atoms with E-state index in [4.69, 9.17) is 5.73 Å². The number of anilines is 1. The molecule has 4 nitrogen and oxygen atoms in total. The van der Waals surface area contributed by atoms with Gasteiger partial charge in [-0.1, -0.05) is 11.8 Å². The van der Waals surface area contributed by atoms with Gasteiger partial charge in [0, 0.05) is 6.07 Å². The highest BCUT2D eigenvalue weighted by Gasteiger charge is 2.04. The number of nitrogens with zero attached hydrogens (tertiary/aromatic N) is 3. The van der Waals surface area contributed by atoms with E-state index in [1.807, 2.05) is 25.3 Å². The van der Waals surface area contributed by atoms with Crippen molar-refractivity contribution in [1.82, 2.24) is 14.6 Å². The summed E-state index contributed by atoms with van der Waals surface area (Å²) in [4.78, 5) is 4.17. The van der Waals surface area contributed by atoms with Gasteiger partial charge in [0.05, 0.1) is 11.2 Å². The highest BCUT2D eigenvalue weighted by molar-refractivity contribution is 7.98. The molecule has 0 radical (unpaired) electrons. The zero-order valence-electron chi connectivity index (χ0n) is 7.48. The minimum Gasteiger partial charge on any atom is -0.384 e. The van der Waals surface area contributed by atoms with Gasteiger partial charge in [0.25, 0.3) is 0 Å². The van der Waals surface area contributed by atoms with Crippen LogP contribution in [0.4, 0.5) is 5.82 Å². The second-order valence-electron chi connectivity index (χ2n) is 2.79. The quantitative estimate of drug-likeness (QED) is 0.550. The van der Waals surface area contributed by atoms with Gasteiger partial charge in [-0.3, -0.25) is 0 Å². The van der Waals surface area contributed by atoms with Crippen molar-refractivity contribution >= 4 is 23.1 Å². The van der Waals surface area contributed by atoms with E-state index in [1.165, 1.54) is 11.8 Å². The summed E-state index contributed by atoms with van der Waals surface area (Å²) in [5.41, 5.74) is 7.61. The van der Waals surface area contributed by atoms with E-state index >= 15 is 0 Å². The lowest BCUT2D eigenvalue weighted by Gasteiger charge is -2.00. The standard InChI is InChI=1S/C8H10N4S/c1-5-3-6-4-7(9)10-8(13-2)12(6)11-5/h3-4H,9H2,1-2H3. The molecule has 2 N–H and O–H groups in total. The summed E-state index contributed by atoms with van der Waals surface area (Å²) in [6.45, 7) is 1.95. The Kier molecular flexibility index (Phi) is 1.88. The number of nitrogens with two attached hydrogens (primary N) is 1.